The Labute approximate surface area is 123 Å². The summed E-state index contributed by atoms with van der Waals surface area (Å²) >= 11 is 3.25. The van der Waals surface area contributed by atoms with E-state index in [-0.39, 0.29) is 11.3 Å². The maximum Gasteiger partial charge on any atom is 0.323 e. The van der Waals surface area contributed by atoms with Gasteiger partial charge in [-0.2, -0.15) is 0 Å². The van der Waals surface area contributed by atoms with Gasteiger partial charge < -0.3 is 5.11 Å². The molecule has 0 aromatic carbocycles. The van der Waals surface area contributed by atoms with Crippen molar-refractivity contribution >= 4 is 29.1 Å². The highest BCUT2D eigenvalue weighted by atomic mass is 32.2. The molecule has 4 nitrogen and oxygen atoms in total. The maximum absolute atomic E-state index is 11.5. The molecule has 0 spiro atoms. The lowest BCUT2D eigenvalue weighted by Crippen LogP contribution is -2.53. The smallest absolute Gasteiger partial charge is 0.323 e. The van der Waals surface area contributed by atoms with Gasteiger partial charge in [-0.15, -0.1) is 11.3 Å². The number of nitrogens with one attached hydrogen (secondary N) is 1. The fraction of sp³-hybridized carbons (Fsp3) is 0.692. The van der Waals surface area contributed by atoms with Crippen LogP contribution in [0.3, 0.4) is 0 Å². The number of carboxylic acids is 1. The largest absolute Gasteiger partial charge is 0.480 e. The van der Waals surface area contributed by atoms with Crippen LogP contribution >= 0.6 is 23.1 Å². The van der Waals surface area contributed by atoms with Gasteiger partial charge in [0.1, 0.15) is 9.88 Å². The number of aliphatic carboxylic acids is 1. The number of aryl methyl sites for hydroxylation is 1. The molecule has 0 radical (unpaired) electrons. The molecule has 1 heterocycles. The average Bonchev–Trinajstić information content (AvgIpc) is 2.61. The average molecular weight is 302 g/mol. The lowest BCUT2D eigenvalue weighted by molar-refractivity contribution is -0.144. The molecular weight excluding hydrogens is 280 g/mol. The van der Waals surface area contributed by atoms with Gasteiger partial charge in [-0.25, -0.2) is 4.98 Å². The molecule has 2 atom stereocenters. The summed E-state index contributed by atoms with van der Waals surface area (Å²) in [7, 11) is 0. The van der Waals surface area contributed by atoms with Crippen molar-refractivity contribution in [2.75, 3.05) is 0 Å². The second-order valence-electron chi connectivity index (χ2n) is 5.32. The Balaban J connectivity index is 2.66. The summed E-state index contributed by atoms with van der Waals surface area (Å²) in [4.78, 5) is 15.9. The number of rotatable bonds is 7. The van der Waals surface area contributed by atoms with Crippen molar-refractivity contribution in [3.8, 4) is 0 Å². The van der Waals surface area contributed by atoms with Gasteiger partial charge in [0.15, 0.2) is 0 Å². The second-order valence-corrected chi connectivity index (χ2v) is 7.87. The second kappa shape index (κ2) is 6.72. The summed E-state index contributed by atoms with van der Waals surface area (Å²) in [5.41, 5.74) is 0.119. The van der Waals surface area contributed by atoms with E-state index in [4.69, 9.17) is 0 Å². The van der Waals surface area contributed by atoms with Crippen molar-refractivity contribution in [1.29, 1.82) is 0 Å². The standard InChI is InChI=1S/C13H22N2O2S2/c1-8(2)15-13(5,11(16)17)6-10(4)19-12-14-9(3)7-18-12/h7-8,10,15H,6H2,1-5H3,(H,16,17). The van der Waals surface area contributed by atoms with Gasteiger partial charge in [-0.3, -0.25) is 10.1 Å². The summed E-state index contributed by atoms with van der Waals surface area (Å²) in [5.74, 6) is -0.802. The first-order chi connectivity index (χ1) is 8.73. The maximum atomic E-state index is 11.5. The van der Waals surface area contributed by atoms with Crippen molar-refractivity contribution in [3.05, 3.63) is 11.1 Å². The molecule has 6 heteroatoms. The van der Waals surface area contributed by atoms with E-state index in [1.807, 2.05) is 33.1 Å². The highest BCUT2D eigenvalue weighted by Crippen LogP contribution is 2.31. The van der Waals surface area contributed by atoms with Crippen molar-refractivity contribution in [3.63, 3.8) is 0 Å². The molecule has 0 aliphatic heterocycles. The SMILES string of the molecule is Cc1csc(SC(C)CC(C)(NC(C)C)C(=O)O)n1. The summed E-state index contributed by atoms with van der Waals surface area (Å²) in [5, 5.41) is 14.8. The van der Waals surface area contributed by atoms with Gasteiger partial charge in [0.05, 0.1) is 0 Å². The molecular formula is C13H22N2O2S2. The lowest BCUT2D eigenvalue weighted by Gasteiger charge is -2.30. The summed E-state index contributed by atoms with van der Waals surface area (Å²) in [6.45, 7) is 9.68. The molecule has 108 valence electrons. The van der Waals surface area contributed by atoms with E-state index < -0.39 is 11.5 Å². The molecule has 0 aliphatic rings. The van der Waals surface area contributed by atoms with Gasteiger partial charge in [0.2, 0.25) is 0 Å². The minimum atomic E-state index is -0.896. The molecule has 0 saturated heterocycles. The first kappa shape index (κ1) is 16.5. The summed E-state index contributed by atoms with van der Waals surface area (Å²) in [6.07, 6.45) is 0.559. The molecule has 1 rings (SSSR count). The summed E-state index contributed by atoms with van der Waals surface area (Å²) in [6, 6.07) is 0.139. The van der Waals surface area contributed by atoms with Crippen molar-refractivity contribution < 1.29 is 9.90 Å². The minimum absolute atomic E-state index is 0.139. The zero-order valence-corrected chi connectivity index (χ0v) is 13.7. The third kappa shape index (κ3) is 5.12. The number of hydrogen-bond acceptors (Lipinski definition) is 5. The third-order valence-corrected chi connectivity index (χ3v) is 4.87. The quantitative estimate of drug-likeness (QED) is 0.758. The lowest BCUT2D eigenvalue weighted by atomic mass is 9.95. The molecule has 0 bridgehead atoms. The Morgan fingerprint density at radius 3 is 2.63 bits per heavy atom. The van der Waals surface area contributed by atoms with Gasteiger partial charge in [0, 0.05) is 22.4 Å². The van der Waals surface area contributed by atoms with Gasteiger partial charge in [-0.05, 0) is 34.1 Å². The first-order valence-corrected chi connectivity index (χ1v) is 8.09. The fourth-order valence-corrected chi connectivity index (χ4v) is 4.36. The van der Waals surface area contributed by atoms with Crippen LogP contribution in [0.5, 0.6) is 0 Å². The molecule has 1 aromatic rings. The number of thiazole rings is 1. The predicted octanol–water partition coefficient (Wildman–Crippen LogP) is 3.16. The number of hydrogen-bond donors (Lipinski definition) is 2. The molecule has 2 N–H and O–H groups in total. The Morgan fingerprint density at radius 1 is 1.58 bits per heavy atom. The van der Waals surface area contributed by atoms with E-state index in [2.05, 4.69) is 10.3 Å². The Hall–Kier alpha value is -0.590. The van der Waals surface area contributed by atoms with Gasteiger partial charge >= 0.3 is 5.97 Å². The predicted molar refractivity (Wildman–Crippen MR) is 81.1 cm³/mol. The highest BCUT2D eigenvalue weighted by molar-refractivity contribution is 8.01. The monoisotopic (exact) mass is 302 g/mol. The van der Waals surface area contributed by atoms with E-state index >= 15 is 0 Å². The van der Waals surface area contributed by atoms with Crippen LogP contribution in [-0.2, 0) is 4.79 Å². The van der Waals surface area contributed by atoms with Gasteiger partial charge in [-0.1, -0.05) is 18.7 Å². The van der Waals surface area contributed by atoms with Crippen molar-refractivity contribution in [2.24, 2.45) is 0 Å². The van der Waals surface area contributed by atoms with E-state index in [9.17, 15) is 9.90 Å². The number of nitrogens with zero attached hydrogens (tertiary/aromatic N) is 1. The number of aromatic nitrogens is 1. The number of thioether (sulfide) groups is 1. The minimum Gasteiger partial charge on any atom is -0.480 e. The summed E-state index contributed by atoms with van der Waals surface area (Å²) < 4.78 is 1.00. The van der Waals surface area contributed by atoms with E-state index in [0.29, 0.717) is 6.42 Å². The zero-order valence-electron chi connectivity index (χ0n) is 12.1. The van der Waals surface area contributed by atoms with Crippen LogP contribution < -0.4 is 5.32 Å². The Morgan fingerprint density at radius 2 is 2.21 bits per heavy atom. The van der Waals surface area contributed by atoms with Crippen LogP contribution in [0.1, 0.15) is 39.8 Å². The van der Waals surface area contributed by atoms with E-state index in [1.54, 1.807) is 30.0 Å². The van der Waals surface area contributed by atoms with Gasteiger partial charge in [0.25, 0.3) is 0 Å². The molecule has 0 fully saturated rings. The topological polar surface area (TPSA) is 62.2 Å². The highest BCUT2D eigenvalue weighted by Gasteiger charge is 2.35. The fourth-order valence-electron chi connectivity index (χ4n) is 2.02. The number of carbonyl (C=O) groups is 1. The van der Waals surface area contributed by atoms with Crippen LogP contribution in [0.25, 0.3) is 0 Å². The van der Waals surface area contributed by atoms with Crippen LogP contribution in [0, 0.1) is 6.92 Å². The molecule has 2 unspecified atom stereocenters. The molecule has 1 aromatic heterocycles. The van der Waals surface area contributed by atoms with E-state index in [0.717, 1.165) is 10.0 Å². The molecule has 0 amide bonds. The Kier molecular flexibility index (Phi) is 5.82. The van der Waals surface area contributed by atoms with Crippen LogP contribution in [-0.4, -0.2) is 32.9 Å². The molecule has 0 saturated carbocycles. The normalized spacial score (nSPS) is 16.3. The number of carboxylic acid groups (broad SMARTS) is 1. The van der Waals surface area contributed by atoms with Crippen LogP contribution in [0.4, 0.5) is 0 Å². The van der Waals surface area contributed by atoms with Crippen molar-refractivity contribution in [2.45, 2.75) is 62.2 Å². The Bertz CT molecular complexity index is 434. The first-order valence-electron chi connectivity index (χ1n) is 6.33. The van der Waals surface area contributed by atoms with Crippen molar-refractivity contribution in [1.82, 2.24) is 10.3 Å². The molecule has 0 aliphatic carbocycles. The zero-order chi connectivity index (χ0) is 14.6. The van der Waals surface area contributed by atoms with Crippen LogP contribution in [0.15, 0.2) is 9.72 Å². The van der Waals surface area contributed by atoms with Crippen LogP contribution in [0.2, 0.25) is 0 Å². The third-order valence-electron chi connectivity index (χ3n) is 2.67. The van der Waals surface area contributed by atoms with E-state index in [1.165, 1.54) is 0 Å². The molecule has 19 heavy (non-hydrogen) atoms.